The lowest BCUT2D eigenvalue weighted by molar-refractivity contribution is 0.315. The Hall–Kier alpha value is -1.96. The first-order valence-corrected chi connectivity index (χ1v) is 7.31. The van der Waals surface area contributed by atoms with Gasteiger partial charge in [0.05, 0.1) is 6.61 Å². The predicted molar refractivity (Wildman–Crippen MR) is 85.6 cm³/mol. The highest BCUT2D eigenvalue weighted by Crippen LogP contribution is 2.14. The summed E-state index contributed by atoms with van der Waals surface area (Å²) in [5.74, 6) is 0.957. The summed E-state index contributed by atoms with van der Waals surface area (Å²) in [6, 6.07) is 16.7. The van der Waals surface area contributed by atoms with Gasteiger partial charge in [-0.2, -0.15) is 0 Å². The standard InChI is InChI=1S/C18H23NO/c1-3-16-9-11-17(12-10-16)20-14-6-13-19-18-8-5-4-7-15(18)2/h4-5,7-12,19H,3,6,13-14H2,1-2H3. The Labute approximate surface area is 121 Å². The van der Waals surface area contributed by atoms with Crippen LogP contribution in [-0.2, 0) is 6.42 Å². The normalized spacial score (nSPS) is 10.3. The van der Waals surface area contributed by atoms with Crippen molar-refractivity contribution >= 4 is 5.69 Å². The number of rotatable bonds is 7. The van der Waals surface area contributed by atoms with Crippen LogP contribution in [0.3, 0.4) is 0 Å². The van der Waals surface area contributed by atoms with Crippen molar-refractivity contribution < 1.29 is 4.74 Å². The van der Waals surface area contributed by atoms with Crippen molar-refractivity contribution in [3.8, 4) is 5.75 Å². The summed E-state index contributed by atoms with van der Waals surface area (Å²) in [5, 5.41) is 3.44. The third-order valence-electron chi connectivity index (χ3n) is 3.38. The largest absolute Gasteiger partial charge is 0.494 e. The Morgan fingerprint density at radius 3 is 2.45 bits per heavy atom. The van der Waals surface area contributed by atoms with E-state index in [0.717, 1.165) is 31.7 Å². The second kappa shape index (κ2) is 7.59. The van der Waals surface area contributed by atoms with Crippen LogP contribution in [0, 0.1) is 6.92 Å². The van der Waals surface area contributed by atoms with Gasteiger partial charge in [0.1, 0.15) is 5.75 Å². The van der Waals surface area contributed by atoms with Crippen molar-refractivity contribution in [1.82, 2.24) is 0 Å². The molecule has 2 aromatic rings. The van der Waals surface area contributed by atoms with Crippen LogP contribution >= 0.6 is 0 Å². The molecule has 0 unspecified atom stereocenters. The molecule has 2 aromatic carbocycles. The molecule has 2 nitrogen and oxygen atoms in total. The Balaban J connectivity index is 1.67. The molecule has 0 heterocycles. The van der Waals surface area contributed by atoms with Gasteiger partial charge in [-0.15, -0.1) is 0 Å². The topological polar surface area (TPSA) is 21.3 Å². The average molecular weight is 269 g/mol. The summed E-state index contributed by atoms with van der Waals surface area (Å²) in [6.45, 7) is 5.95. The van der Waals surface area contributed by atoms with Crippen LogP contribution in [0.4, 0.5) is 5.69 Å². The lowest BCUT2D eigenvalue weighted by atomic mass is 10.2. The maximum absolute atomic E-state index is 5.73. The molecule has 2 heteroatoms. The average Bonchev–Trinajstić information content (AvgIpc) is 2.49. The Morgan fingerprint density at radius 2 is 1.75 bits per heavy atom. The number of hydrogen-bond donors (Lipinski definition) is 1. The molecule has 0 saturated heterocycles. The van der Waals surface area contributed by atoms with Gasteiger partial charge in [0, 0.05) is 12.2 Å². The molecular formula is C18H23NO. The second-order valence-electron chi connectivity index (χ2n) is 4.94. The summed E-state index contributed by atoms with van der Waals surface area (Å²) in [7, 11) is 0. The summed E-state index contributed by atoms with van der Waals surface area (Å²) >= 11 is 0. The summed E-state index contributed by atoms with van der Waals surface area (Å²) in [6.07, 6.45) is 2.06. The molecule has 106 valence electrons. The molecule has 20 heavy (non-hydrogen) atoms. The lowest BCUT2D eigenvalue weighted by Gasteiger charge is -2.10. The van der Waals surface area contributed by atoms with E-state index in [4.69, 9.17) is 4.74 Å². The van der Waals surface area contributed by atoms with Gasteiger partial charge in [-0.1, -0.05) is 37.3 Å². The molecule has 0 aromatic heterocycles. The van der Waals surface area contributed by atoms with Crippen LogP contribution < -0.4 is 10.1 Å². The number of aryl methyl sites for hydroxylation is 2. The highest BCUT2D eigenvalue weighted by atomic mass is 16.5. The summed E-state index contributed by atoms with van der Waals surface area (Å²) < 4.78 is 5.73. The highest BCUT2D eigenvalue weighted by molar-refractivity contribution is 5.50. The monoisotopic (exact) mass is 269 g/mol. The van der Waals surface area contributed by atoms with Crippen molar-refractivity contribution in [2.75, 3.05) is 18.5 Å². The molecule has 0 radical (unpaired) electrons. The fraction of sp³-hybridized carbons (Fsp3) is 0.333. The minimum absolute atomic E-state index is 0.740. The van der Waals surface area contributed by atoms with Crippen molar-refractivity contribution in [3.05, 3.63) is 59.7 Å². The molecule has 0 aliphatic rings. The van der Waals surface area contributed by atoms with Crippen molar-refractivity contribution in [1.29, 1.82) is 0 Å². The highest BCUT2D eigenvalue weighted by Gasteiger charge is 1.97. The zero-order valence-electron chi connectivity index (χ0n) is 12.4. The third-order valence-corrected chi connectivity index (χ3v) is 3.38. The maximum Gasteiger partial charge on any atom is 0.119 e. The van der Waals surface area contributed by atoms with Gasteiger partial charge in [0.25, 0.3) is 0 Å². The molecule has 1 N–H and O–H groups in total. The molecule has 0 aliphatic carbocycles. The molecular weight excluding hydrogens is 246 g/mol. The van der Waals surface area contributed by atoms with Gasteiger partial charge in [0.2, 0.25) is 0 Å². The van der Waals surface area contributed by atoms with Gasteiger partial charge in [-0.25, -0.2) is 0 Å². The fourth-order valence-electron chi connectivity index (χ4n) is 2.08. The van der Waals surface area contributed by atoms with Crippen molar-refractivity contribution in [2.45, 2.75) is 26.7 Å². The molecule has 0 aliphatic heterocycles. The molecule has 0 amide bonds. The smallest absolute Gasteiger partial charge is 0.119 e. The van der Waals surface area contributed by atoms with Gasteiger partial charge < -0.3 is 10.1 Å². The van der Waals surface area contributed by atoms with Crippen LogP contribution in [-0.4, -0.2) is 13.2 Å². The van der Waals surface area contributed by atoms with Gasteiger partial charge in [0.15, 0.2) is 0 Å². The first-order valence-electron chi connectivity index (χ1n) is 7.31. The van der Waals surface area contributed by atoms with E-state index in [0.29, 0.717) is 0 Å². The fourth-order valence-corrected chi connectivity index (χ4v) is 2.08. The van der Waals surface area contributed by atoms with Crippen LogP contribution in [0.1, 0.15) is 24.5 Å². The first-order chi connectivity index (χ1) is 9.79. The quantitative estimate of drug-likeness (QED) is 0.750. The maximum atomic E-state index is 5.73. The number of anilines is 1. The Bertz CT molecular complexity index is 519. The lowest BCUT2D eigenvalue weighted by Crippen LogP contribution is -2.08. The van der Waals surface area contributed by atoms with Crippen molar-refractivity contribution in [2.24, 2.45) is 0 Å². The Morgan fingerprint density at radius 1 is 1.00 bits per heavy atom. The van der Waals surface area contributed by atoms with Crippen LogP contribution in [0.2, 0.25) is 0 Å². The Kier molecular flexibility index (Phi) is 5.48. The zero-order valence-corrected chi connectivity index (χ0v) is 12.4. The van der Waals surface area contributed by atoms with Gasteiger partial charge >= 0.3 is 0 Å². The van der Waals surface area contributed by atoms with Gasteiger partial charge in [-0.05, 0) is 49.1 Å². The minimum atomic E-state index is 0.740. The van der Waals surface area contributed by atoms with E-state index >= 15 is 0 Å². The predicted octanol–water partition coefficient (Wildman–Crippen LogP) is 4.44. The number of ether oxygens (including phenoxy) is 1. The third kappa shape index (κ3) is 4.30. The first kappa shape index (κ1) is 14.4. The van der Waals surface area contributed by atoms with E-state index in [-0.39, 0.29) is 0 Å². The van der Waals surface area contributed by atoms with E-state index in [1.807, 2.05) is 12.1 Å². The number of benzene rings is 2. The molecule has 0 fully saturated rings. The molecule has 0 bridgehead atoms. The van der Waals surface area contributed by atoms with Crippen molar-refractivity contribution in [3.63, 3.8) is 0 Å². The number of para-hydroxylation sites is 1. The molecule has 0 spiro atoms. The van der Waals surface area contributed by atoms with E-state index in [2.05, 4.69) is 55.6 Å². The van der Waals surface area contributed by atoms with Crippen LogP contribution in [0.5, 0.6) is 5.75 Å². The van der Waals surface area contributed by atoms with Gasteiger partial charge in [-0.3, -0.25) is 0 Å². The summed E-state index contributed by atoms with van der Waals surface area (Å²) in [4.78, 5) is 0. The van der Waals surface area contributed by atoms with E-state index < -0.39 is 0 Å². The number of hydrogen-bond acceptors (Lipinski definition) is 2. The van der Waals surface area contributed by atoms with Crippen LogP contribution in [0.15, 0.2) is 48.5 Å². The summed E-state index contributed by atoms with van der Waals surface area (Å²) in [5.41, 5.74) is 3.84. The van der Waals surface area contributed by atoms with E-state index in [1.54, 1.807) is 0 Å². The second-order valence-corrected chi connectivity index (χ2v) is 4.94. The minimum Gasteiger partial charge on any atom is -0.494 e. The molecule has 0 atom stereocenters. The SMILES string of the molecule is CCc1ccc(OCCCNc2ccccc2C)cc1. The molecule has 2 rings (SSSR count). The van der Waals surface area contributed by atoms with E-state index in [9.17, 15) is 0 Å². The zero-order chi connectivity index (χ0) is 14.2. The van der Waals surface area contributed by atoms with E-state index in [1.165, 1.54) is 16.8 Å². The van der Waals surface area contributed by atoms with Crippen LogP contribution in [0.25, 0.3) is 0 Å². The molecule has 0 saturated carbocycles. The number of nitrogens with one attached hydrogen (secondary N) is 1.